The second kappa shape index (κ2) is 15.0. The molecule has 0 bridgehead atoms. The molecule has 2 aromatic carbocycles. The zero-order valence-corrected chi connectivity index (χ0v) is 27.5. The van der Waals surface area contributed by atoms with Crippen molar-refractivity contribution in [3.63, 3.8) is 0 Å². The Morgan fingerprint density at radius 1 is 0.635 bits per heavy atom. The van der Waals surface area contributed by atoms with Crippen LogP contribution in [0.2, 0.25) is 0 Å². The van der Waals surface area contributed by atoms with Crippen LogP contribution in [-0.4, -0.2) is 155 Å². The van der Waals surface area contributed by atoms with Gasteiger partial charge in [-0.25, -0.2) is 0 Å². The van der Waals surface area contributed by atoms with Crippen molar-refractivity contribution >= 4 is 11.0 Å². The molecule has 15 atom stereocenters. The fraction of sp³-hybridized carbons (Fsp3) is 0.545. The Morgan fingerprint density at radius 3 is 1.79 bits per heavy atom. The van der Waals surface area contributed by atoms with Gasteiger partial charge in [-0.1, -0.05) is 0 Å². The van der Waals surface area contributed by atoms with E-state index in [2.05, 4.69) is 0 Å². The average Bonchev–Trinajstić information content (AvgIpc) is 3.11. The smallest absolute Gasteiger partial charge is 0.239 e. The number of aromatic hydroxyl groups is 2. The summed E-state index contributed by atoms with van der Waals surface area (Å²) in [5.41, 5.74) is -1.16. The summed E-state index contributed by atoms with van der Waals surface area (Å²) in [6.07, 6.45) is -23.5. The third-order valence-corrected chi connectivity index (χ3v) is 9.23. The van der Waals surface area contributed by atoms with Crippen LogP contribution in [-0.2, 0) is 18.9 Å². The first-order valence-corrected chi connectivity index (χ1v) is 16.2. The van der Waals surface area contributed by atoms with Gasteiger partial charge in [0, 0.05) is 17.7 Å². The highest BCUT2D eigenvalue weighted by Crippen LogP contribution is 2.38. The predicted octanol–water partition coefficient (Wildman–Crippen LogP) is -2.89. The van der Waals surface area contributed by atoms with Crippen LogP contribution in [0, 0.1) is 0 Å². The molecule has 19 heteroatoms. The molecular formula is C33H40O19. The molecule has 0 radical (unpaired) electrons. The van der Waals surface area contributed by atoms with E-state index in [4.69, 9.17) is 32.8 Å². The molecule has 0 saturated carbocycles. The van der Waals surface area contributed by atoms with Gasteiger partial charge in [0.1, 0.15) is 89.3 Å². The Balaban J connectivity index is 1.32. The van der Waals surface area contributed by atoms with E-state index in [1.54, 1.807) is 0 Å². The molecule has 11 N–H and O–H groups in total. The van der Waals surface area contributed by atoms with Gasteiger partial charge in [0.25, 0.3) is 0 Å². The molecule has 4 heterocycles. The number of aliphatic hydroxyl groups excluding tert-OH is 9. The fourth-order valence-electron chi connectivity index (χ4n) is 6.09. The van der Waals surface area contributed by atoms with Crippen LogP contribution >= 0.6 is 0 Å². The van der Waals surface area contributed by atoms with Crippen molar-refractivity contribution in [3.8, 4) is 34.3 Å². The second-order valence-electron chi connectivity index (χ2n) is 12.9. The van der Waals surface area contributed by atoms with Crippen molar-refractivity contribution < 1.29 is 89.0 Å². The van der Waals surface area contributed by atoms with Crippen LogP contribution in [0.4, 0.5) is 0 Å². The van der Waals surface area contributed by atoms with E-state index in [0.29, 0.717) is 0 Å². The monoisotopic (exact) mass is 740 g/mol. The van der Waals surface area contributed by atoms with Gasteiger partial charge >= 0.3 is 0 Å². The van der Waals surface area contributed by atoms with E-state index in [1.165, 1.54) is 44.2 Å². The molecule has 3 fully saturated rings. The largest absolute Gasteiger partial charge is 0.508 e. The highest BCUT2D eigenvalue weighted by molar-refractivity contribution is 5.88. The van der Waals surface area contributed by atoms with Gasteiger partial charge in [-0.05, 0) is 38.1 Å². The van der Waals surface area contributed by atoms with Crippen molar-refractivity contribution in [1.82, 2.24) is 0 Å². The minimum Gasteiger partial charge on any atom is -0.508 e. The lowest BCUT2D eigenvalue weighted by Crippen LogP contribution is -2.61. The molecular weight excluding hydrogens is 700 g/mol. The number of hydrogen-bond acceptors (Lipinski definition) is 19. The summed E-state index contributed by atoms with van der Waals surface area (Å²) in [6, 6.07) is 7.38. The number of phenolic OH excluding ortho intramolecular Hbond substituents is 2. The lowest BCUT2D eigenvalue weighted by molar-refractivity contribution is -0.318. The van der Waals surface area contributed by atoms with Gasteiger partial charge in [0.05, 0.1) is 18.8 Å². The van der Waals surface area contributed by atoms with Gasteiger partial charge in [0.2, 0.25) is 23.8 Å². The number of aliphatic hydroxyl groups is 9. The number of fused-ring (bicyclic) bond motifs is 1. The third kappa shape index (κ3) is 7.16. The molecule has 52 heavy (non-hydrogen) atoms. The summed E-state index contributed by atoms with van der Waals surface area (Å²) in [5.74, 6) is -2.01. The molecule has 0 aliphatic carbocycles. The van der Waals surface area contributed by atoms with Crippen molar-refractivity contribution in [2.45, 2.75) is 106 Å². The van der Waals surface area contributed by atoms with Crippen LogP contribution in [0.3, 0.4) is 0 Å². The second-order valence-corrected chi connectivity index (χ2v) is 12.9. The number of benzene rings is 2. The average molecular weight is 741 g/mol. The maximum Gasteiger partial charge on any atom is 0.239 e. The van der Waals surface area contributed by atoms with E-state index in [-0.39, 0.29) is 28.4 Å². The quantitative estimate of drug-likeness (QED) is 0.110. The van der Waals surface area contributed by atoms with Gasteiger partial charge in [-0.3, -0.25) is 4.79 Å². The standard InChI is InChI=1S/C33H40O19/c1-10-19(36)23(40)26(43)31(47-10)46-9-17-21(38)25(42)28(45)33(51-17)52-30-22(39)18-15(35)7-14(49-32-27(44)24(41)20(37)11(2)48-32)8-16(18)50-29(30)12-3-5-13(34)6-4-12/h3-8,10-11,17,19-21,23-28,31-38,40-45H,9H2,1-2H3/t10-,11-,17+,19-,20-,21+,23+,24?,25-,26+,27+,28+,31+,32-,33-/m0/s1. The lowest BCUT2D eigenvalue weighted by Gasteiger charge is -2.42. The van der Waals surface area contributed by atoms with Crippen LogP contribution in [0.5, 0.6) is 23.0 Å². The van der Waals surface area contributed by atoms with Gasteiger partial charge < -0.3 is 89.0 Å². The maximum absolute atomic E-state index is 14.0. The van der Waals surface area contributed by atoms with Crippen LogP contribution in [0.25, 0.3) is 22.3 Å². The van der Waals surface area contributed by atoms with Crippen molar-refractivity contribution in [1.29, 1.82) is 0 Å². The molecule has 6 rings (SSSR count). The summed E-state index contributed by atoms with van der Waals surface area (Å²) in [6.45, 7) is 2.25. The molecule has 286 valence electrons. The molecule has 3 aliphatic rings. The van der Waals surface area contributed by atoms with Crippen molar-refractivity contribution in [3.05, 3.63) is 46.6 Å². The summed E-state index contributed by atoms with van der Waals surface area (Å²) in [5, 5.41) is 114. The summed E-state index contributed by atoms with van der Waals surface area (Å²) < 4.78 is 39.5. The van der Waals surface area contributed by atoms with Gasteiger partial charge in [-0.15, -0.1) is 0 Å². The molecule has 0 spiro atoms. The topological polar surface area (TPSA) is 308 Å². The van der Waals surface area contributed by atoms with Crippen LogP contribution in [0.15, 0.2) is 45.6 Å². The predicted molar refractivity (Wildman–Crippen MR) is 170 cm³/mol. The highest BCUT2D eigenvalue weighted by atomic mass is 16.7. The third-order valence-electron chi connectivity index (χ3n) is 9.23. The van der Waals surface area contributed by atoms with Gasteiger partial charge in [0.15, 0.2) is 12.1 Å². The Bertz CT molecular complexity index is 1770. The number of hydrogen-bond donors (Lipinski definition) is 11. The molecule has 3 aromatic rings. The van der Waals surface area contributed by atoms with Crippen molar-refractivity contribution in [2.75, 3.05) is 6.61 Å². The highest BCUT2D eigenvalue weighted by Gasteiger charge is 2.48. The summed E-state index contributed by atoms with van der Waals surface area (Å²) >= 11 is 0. The van der Waals surface area contributed by atoms with Crippen molar-refractivity contribution in [2.24, 2.45) is 0 Å². The number of ether oxygens (including phenoxy) is 6. The molecule has 3 saturated heterocycles. The van der Waals surface area contributed by atoms with Crippen LogP contribution < -0.4 is 14.9 Å². The summed E-state index contributed by atoms with van der Waals surface area (Å²) in [7, 11) is 0. The Hall–Kier alpha value is -3.67. The van der Waals surface area contributed by atoms with E-state index in [9.17, 15) is 61.0 Å². The first kappa shape index (κ1) is 38.1. The van der Waals surface area contributed by atoms with E-state index >= 15 is 0 Å². The Labute approximate surface area is 293 Å². The fourth-order valence-corrected chi connectivity index (χ4v) is 6.09. The molecule has 0 amide bonds. The van der Waals surface area contributed by atoms with E-state index in [0.717, 1.165) is 6.07 Å². The Kier molecular flexibility index (Phi) is 11.0. The minimum atomic E-state index is -1.98. The zero-order valence-electron chi connectivity index (χ0n) is 27.5. The Morgan fingerprint density at radius 2 is 1.17 bits per heavy atom. The first-order chi connectivity index (χ1) is 24.6. The number of phenols is 2. The normalized spacial score (nSPS) is 38.2. The minimum absolute atomic E-state index is 0.138. The van der Waals surface area contributed by atoms with Gasteiger partial charge in [-0.2, -0.15) is 0 Å². The zero-order chi connectivity index (χ0) is 37.8. The lowest BCUT2D eigenvalue weighted by atomic mass is 9.98. The molecule has 19 nitrogen and oxygen atoms in total. The van der Waals surface area contributed by atoms with E-state index in [1.807, 2.05) is 0 Å². The number of rotatable bonds is 8. The van der Waals surface area contributed by atoms with Crippen LogP contribution in [0.1, 0.15) is 13.8 Å². The molecule has 3 aliphatic heterocycles. The first-order valence-electron chi connectivity index (χ1n) is 16.2. The molecule has 1 aromatic heterocycles. The summed E-state index contributed by atoms with van der Waals surface area (Å²) in [4.78, 5) is 14.0. The molecule has 1 unspecified atom stereocenters. The van der Waals surface area contributed by atoms with E-state index < -0.39 is 121 Å². The maximum atomic E-state index is 14.0. The SMILES string of the molecule is C[C@@H]1O[C@@H](OC[C@H]2O[C@@H](Oc3c(-c4ccc(O)cc4)oc4cc(O[C@@H]5O[C@@H](C)[C@H](O)C(O)[C@H]5O)cc(O)c4c3=O)[C@H](O)[C@@H](O)[C@@H]2O)[C@H](O)[C@H](O)[C@H]1O.